The fourth-order valence-corrected chi connectivity index (χ4v) is 3.30. The number of nitrogens with one attached hydrogen (secondary N) is 2. The van der Waals surface area contributed by atoms with Gasteiger partial charge in [0.2, 0.25) is 5.91 Å². The summed E-state index contributed by atoms with van der Waals surface area (Å²) < 4.78 is 9.44. The zero-order valence-corrected chi connectivity index (χ0v) is 16.0. The van der Waals surface area contributed by atoms with Gasteiger partial charge in [-0.15, -0.1) is 11.8 Å². The van der Waals surface area contributed by atoms with E-state index in [2.05, 4.69) is 20.0 Å². The van der Waals surface area contributed by atoms with Crippen LogP contribution in [0.4, 0.5) is 11.4 Å². The first kappa shape index (κ1) is 20.1. The Morgan fingerprint density at radius 2 is 2.17 bits per heavy atom. The van der Waals surface area contributed by atoms with Gasteiger partial charge in [0, 0.05) is 23.1 Å². The average Bonchev–Trinajstić information content (AvgIpc) is 3.14. The number of amides is 1. The lowest BCUT2D eigenvalue weighted by atomic mass is 10.2. The van der Waals surface area contributed by atoms with Gasteiger partial charge in [0.15, 0.2) is 11.6 Å². The number of carbonyl (C=O) groups is 1. The molecule has 0 aliphatic rings. The number of hydrogen-bond acceptors (Lipinski definition) is 8. The maximum atomic E-state index is 12.2. The van der Waals surface area contributed by atoms with E-state index in [-0.39, 0.29) is 28.9 Å². The molecule has 2 aromatic carbocycles. The van der Waals surface area contributed by atoms with Gasteiger partial charge in [-0.25, -0.2) is 4.79 Å². The smallest absolute Gasteiger partial charge is 0.439 e. The number of rotatable bonds is 8. The average molecular weight is 416 g/mol. The molecule has 1 aromatic heterocycles. The van der Waals surface area contributed by atoms with Crippen molar-refractivity contribution >= 4 is 29.0 Å². The number of anilines is 1. The highest BCUT2D eigenvalue weighted by Crippen LogP contribution is 2.29. The summed E-state index contributed by atoms with van der Waals surface area (Å²) in [6.07, 6.45) is 0. The van der Waals surface area contributed by atoms with Crippen molar-refractivity contribution in [2.75, 3.05) is 18.2 Å². The van der Waals surface area contributed by atoms with Crippen LogP contribution in [-0.2, 0) is 10.5 Å². The lowest BCUT2D eigenvalue weighted by molar-refractivity contribution is -0.385. The van der Waals surface area contributed by atoms with Gasteiger partial charge >= 0.3 is 11.4 Å². The van der Waals surface area contributed by atoms with Crippen LogP contribution < -0.4 is 15.8 Å². The number of benzene rings is 2. The van der Waals surface area contributed by atoms with Crippen molar-refractivity contribution in [3.63, 3.8) is 0 Å². The highest BCUT2D eigenvalue weighted by atomic mass is 32.2. The Balaban J connectivity index is 1.56. The quantitative estimate of drug-likeness (QED) is 0.422. The molecule has 0 atom stereocenters. The molecule has 0 radical (unpaired) electrons. The molecule has 0 spiro atoms. The zero-order valence-electron chi connectivity index (χ0n) is 15.2. The standard InChI is InChI=1S/C18H16N4O6S/c1-27-15-6-5-11(7-14(15)22(25)26)9-29-10-16(23)19-13-4-2-3-12(8-13)17-20-18(24)28-21-17/h2-8H,9-10H2,1H3,(H,19,23)(H,20,21,24). The number of methoxy groups -OCH3 is 1. The van der Waals surface area contributed by atoms with Gasteiger partial charge in [-0.1, -0.05) is 23.4 Å². The van der Waals surface area contributed by atoms with Crippen LogP contribution in [0.15, 0.2) is 51.8 Å². The summed E-state index contributed by atoms with van der Waals surface area (Å²) in [6.45, 7) is 0. The van der Waals surface area contributed by atoms with Crippen LogP contribution in [0.3, 0.4) is 0 Å². The Bertz CT molecular complexity index is 1090. The normalized spacial score (nSPS) is 10.5. The summed E-state index contributed by atoms with van der Waals surface area (Å²) in [5.74, 6) is 0.147. The van der Waals surface area contributed by atoms with Gasteiger partial charge in [-0.2, -0.15) is 0 Å². The molecule has 0 unspecified atom stereocenters. The first-order valence-electron chi connectivity index (χ1n) is 8.31. The summed E-state index contributed by atoms with van der Waals surface area (Å²) >= 11 is 1.32. The van der Waals surface area contributed by atoms with Crippen LogP contribution in [0.5, 0.6) is 5.75 Å². The number of nitro groups is 1. The third kappa shape index (κ3) is 5.23. The van der Waals surface area contributed by atoms with Gasteiger partial charge in [0.1, 0.15) is 0 Å². The molecule has 0 saturated carbocycles. The largest absolute Gasteiger partial charge is 0.490 e. The molecule has 3 rings (SSSR count). The van der Waals surface area contributed by atoms with Gasteiger partial charge in [-0.3, -0.25) is 24.4 Å². The Labute approximate surface area is 168 Å². The second-order valence-electron chi connectivity index (χ2n) is 5.83. The van der Waals surface area contributed by atoms with Crippen molar-refractivity contribution in [3.8, 4) is 17.1 Å². The molecule has 10 nitrogen and oxygen atoms in total. The molecular weight excluding hydrogens is 400 g/mol. The Morgan fingerprint density at radius 1 is 1.34 bits per heavy atom. The molecular formula is C18H16N4O6S. The molecule has 11 heteroatoms. The summed E-state index contributed by atoms with van der Waals surface area (Å²) in [6, 6.07) is 11.5. The second kappa shape index (κ2) is 9.06. The minimum Gasteiger partial charge on any atom is -0.490 e. The summed E-state index contributed by atoms with van der Waals surface area (Å²) in [4.78, 5) is 36.2. The molecule has 0 fully saturated rings. The zero-order chi connectivity index (χ0) is 20.8. The maximum absolute atomic E-state index is 12.2. The number of carbonyl (C=O) groups excluding carboxylic acids is 1. The van der Waals surface area contributed by atoms with Crippen LogP contribution in [-0.4, -0.2) is 33.8 Å². The predicted molar refractivity (Wildman–Crippen MR) is 107 cm³/mol. The van der Waals surface area contributed by atoms with Crippen LogP contribution in [0.25, 0.3) is 11.4 Å². The van der Waals surface area contributed by atoms with E-state index in [1.165, 1.54) is 31.0 Å². The Hall–Kier alpha value is -3.60. The molecule has 150 valence electrons. The number of nitro benzene ring substituents is 1. The van der Waals surface area contributed by atoms with E-state index in [9.17, 15) is 19.7 Å². The molecule has 2 N–H and O–H groups in total. The highest BCUT2D eigenvalue weighted by Gasteiger charge is 2.15. The fraction of sp³-hybridized carbons (Fsp3) is 0.167. The van der Waals surface area contributed by atoms with E-state index in [1.54, 1.807) is 30.3 Å². The van der Waals surface area contributed by atoms with Crippen molar-refractivity contribution in [2.45, 2.75) is 5.75 Å². The molecule has 0 aliphatic heterocycles. The lowest BCUT2D eigenvalue weighted by Gasteiger charge is -2.07. The second-order valence-corrected chi connectivity index (χ2v) is 6.81. The van der Waals surface area contributed by atoms with Gasteiger partial charge in [0.25, 0.3) is 0 Å². The summed E-state index contributed by atoms with van der Waals surface area (Å²) in [5, 5.41) is 17.4. The van der Waals surface area contributed by atoms with E-state index < -0.39 is 10.7 Å². The minimum absolute atomic E-state index is 0.113. The Morgan fingerprint density at radius 3 is 2.86 bits per heavy atom. The van der Waals surface area contributed by atoms with Crippen molar-refractivity contribution in [2.24, 2.45) is 0 Å². The number of H-pyrrole nitrogens is 1. The molecule has 1 amide bonds. The summed E-state index contributed by atoms with van der Waals surface area (Å²) in [7, 11) is 1.37. The van der Waals surface area contributed by atoms with E-state index >= 15 is 0 Å². The van der Waals surface area contributed by atoms with E-state index in [0.717, 1.165) is 0 Å². The first-order chi connectivity index (χ1) is 14.0. The first-order valence-corrected chi connectivity index (χ1v) is 9.47. The number of thioether (sulfide) groups is 1. The minimum atomic E-state index is -0.662. The highest BCUT2D eigenvalue weighted by molar-refractivity contribution is 7.99. The van der Waals surface area contributed by atoms with Crippen LogP contribution >= 0.6 is 11.8 Å². The number of aromatic amines is 1. The third-order valence-corrected chi connectivity index (χ3v) is 4.81. The van der Waals surface area contributed by atoms with Crippen molar-refractivity contribution in [3.05, 3.63) is 68.7 Å². The maximum Gasteiger partial charge on any atom is 0.439 e. The van der Waals surface area contributed by atoms with Gasteiger partial charge in [0.05, 0.1) is 17.8 Å². The van der Waals surface area contributed by atoms with E-state index in [4.69, 9.17) is 4.74 Å². The van der Waals surface area contributed by atoms with E-state index in [0.29, 0.717) is 22.6 Å². The third-order valence-electron chi connectivity index (χ3n) is 3.80. The summed E-state index contributed by atoms with van der Waals surface area (Å²) in [5.41, 5.74) is 1.73. The number of nitrogens with zero attached hydrogens (tertiary/aromatic N) is 2. The predicted octanol–water partition coefficient (Wildman–Crippen LogP) is 2.82. The monoisotopic (exact) mass is 416 g/mol. The van der Waals surface area contributed by atoms with Gasteiger partial charge in [-0.05, 0) is 23.8 Å². The molecule has 0 saturated heterocycles. The van der Waals surface area contributed by atoms with Crippen molar-refractivity contribution in [1.29, 1.82) is 0 Å². The van der Waals surface area contributed by atoms with Crippen molar-refractivity contribution < 1.29 is 19.0 Å². The number of aromatic nitrogens is 2. The van der Waals surface area contributed by atoms with Crippen LogP contribution in [0, 0.1) is 10.1 Å². The topological polar surface area (TPSA) is 140 Å². The Kier molecular flexibility index (Phi) is 6.29. The lowest BCUT2D eigenvalue weighted by Crippen LogP contribution is -2.14. The van der Waals surface area contributed by atoms with Crippen LogP contribution in [0.2, 0.25) is 0 Å². The molecule has 0 bridgehead atoms. The fourth-order valence-electron chi connectivity index (χ4n) is 2.53. The SMILES string of the molecule is COc1ccc(CSCC(=O)Nc2cccc(-c3noc(=O)[nH]3)c2)cc1[N+](=O)[O-]. The van der Waals surface area contributed by atoms with Gasteiger partial charge < -0.3 is 10.1 Å². The molecule has 29 heavy (non-hydrogen) atoms. The molecule has 1 heterocycles. The number of ether oxygens (including phenoxy) is 1. The van der Waals surface area contributed by atoms with Crippen molar-refractivity contribution in [1.82, 2.24) is 10.1 Å². The molecule has 0 aliphatic carbocycles. The molecule has 3 aromatic rings. The van der Waals surface area contributed by atoms with E-state index in [1.807, 2.05) is 0 Å². The number of hydrogen-bond donors (Lipinski definition) is 2. The van der Waals surface area contributed by atoms with Crippen LogP contribution in [0.1, 0.15) is 5.56 Å².